The summed E-state index contributed by atoms with van der Waals surface area (Å²) in [6.07, 6.45) is 2.80. The fraction of sp³-hybridized carbons (Fsp3) is 0.133. The van der Waals surface area contributed by atoms with E-state index in [2.05, 4.69) is 19.1 Å². The average molecular weight is 240 g/mol. The predicted octanol–water partition coefficient (Wildman–Crippen LogP) is 3.88. The second-order valence-electron chi connectivity index (χ2n) is 4.28. The molecule has 0 unspecified atom stereocenters. The number of allylic oxidation sites excluding steroid dienone is 1. The molecule has 0 bridgehead atoms. The average Bonchev–Trinajstić information content (AvgIpc) is 2.86. The van der Waals surface area contributed by atoms with Crippen LogP contribution in [0.5, 0.6) is 0 Å². The molecule has 0 fully saturated rings. The van der Waals surface area contributed by atoms with E-state index in [9.17, 15) is 4.79 Å². The molecule has 1 aromatic carbocycles. The maximum atomic E-state index is 12.1. The number of ketones is 1. The van der Waals surface area contributed by atoms with Gasteiger partial charge in [-0.25, -0.2) is 0 Å². The maximum Gasteiger partial charge on any atom is 0.189 e. The zero-order valence-electron chi connectivity index (χ0n) is 9.57. The number of benzene rings is 1. The van der Waals surface area contributed by atoms with Gasteiger partial charge >= 0.3 is 0 Å². The molecule has 0 saturated carbocycles. The Morgan fingerprint density at radius 3 is 2.71 bits per heavy atom. The van der Waals surface area contributed by atoms with E-state index >= 15 is 0 Å². The van der Waals surface area contributed by atoms with E-state index in [-0.39, 0.29) is 5.78 Å². The smallest absolute Gasteiger partial charge is 0.189 e. The lowest BCUT2D eigenvalue weighted by Gasteiger charge is -1.92. The maximum absolute atomic E-state index is 12.1. The van der Waals surface area contributed by atoms with Crippen LogP contribution in [0.25, 0.3) is 6.08 Å². The zero-order valence-corrected chi connectivity index (χ0v) is 10.4. The van der Waals surface area contributed by atoms with Crippen LogP contribution in [-0.4, -0.2) is 5.78 Å². The molecular formula is C15H12OS. The second-order valence-corrected chi connectivity index (χ2v) is 5.60. The van der Waals surface area contributed by atoms with E-state index in [1.165, 1.54) is 9.75 Å². The van der Waals surface area contributed by atoms with Gasteiger partial charge in [0.15, 0.2) is 5.78 Å². The minimum atomic E-state index is 0.187. The molecule has 1 nitrogen and oxygen atoms in total. The summed E-state index contributed by atoms with van der Waals surface area (Å²) in [5.41, 5.74) is 2.93. The Balaban J connectivity index is 1.99. The van der Waals surface area contributed by atoms with Gasteiger partial charge in [0.05, 0.1) is 0 Å². The summed E-state index contributed by atoms with van der Waals surface area (Å²) in [5.74, 6) is 0.187. The van der Waals surface area contributed by atoms with E-state index in [1.54, 1.807) is 11.3 Å². The van der Waals surface area contributed by atoms with Gasteiger partial charge in [-0.3, -0.25) is 4.79 Å². The highest BCUT2D eigenvalue weighted by atomic mass is 32.1. The molecular weight excluding hydrogens is 228 g/mol. The van der Waals surface area contributed by atoms with E-state index < -0.39 is 0 Å². The molecule has 1 aromatic heterocycles. The van der Waals surface area contributed by atoms with Crippen molar-refractivity contribution in [3.05, 3.63) is 62.9 Å². The van der Waals surface area contributed by atoms with Crippen LogP contribution in [0.1, 0.15) is 25.7 Å². The Kier molecular flexibility index (Phi) is 2.45. The third-order valence-corrected chi connectivity index (χ3v) is 3.96. The lowest BCUT2D eigenvalue weighted by atomic mass is 10.1. The van der Waals surface area contributed by atoms with E-state index in [0.29, 0.717) is 0 Å². The van der Waals surface area contributed by atoms with Crippen molar-refractivity contribution >= 4 is 23.2 Å². The molecule has 1 heterocycles. The fourth-order valence-electron chi connectivity index (χ4n) is 2.17. The number of carbonyl (C=O) groups is 1. The van der Waals surface area contributed by atoms with Crippen LogP contribution >= 0.6 is 11.3 Å². The van der Waals surface area contributed by atoms with Gasteiger partial charge in [0, 0.05) is 27.3 Å². The molecule has 0 saturated heterocycles. The highest BCUT2D eigenvalue weighted by Gasteiger charge is 2.23. The summed E-state index contributed by atoms with van der Waals surface area (Å²) in [6.45, 7) is 2.08. The van der Waals surface area contributed by atoms with Gasteiger partial charge < -0.3 is 0 Å². The highest BCUT2D eigenvalue weighted by molar-refractivity contribution is 7.12. The first-order chi connectivity index (χ1) is 8.24. The molecule has 0 aliphatic heterocycles. The number of carbonyl (C=O) groups excluding carboxylic acids is 1. The van der Waals surface area contributed by atoms with Gasteiger partial charge in [-0.05, 0) is 30.7 Å². The number of thiophene rings is 1. The van der Waals surface area contributed by atoms with Crippen molar-refractivity contribution in [3.63, 3.8) is 0 Å². The van der Waals surface area contributed by atoms with Crippen LogP contribution in [0.3, 0.4) is 0 Å². The summed E-state index contributed by atoms with van der Waals surface area (Å²) in [4.78, 5) is 14.6. The van der Waals surface area contributed by atoms with Gasteiger partial charge in [-0.1, -0.05) is 24.3 Å². The van der Waals surface area contributed by atoms with Crippen molar-refractivity contribution in [2.45, 2.75) is 13.3 Å². The Hall–Kier alpha value is -1.67. The predicted molar refractivity (Wildman–Crippen MR) is 71.5 cm³/mol. The Bertz CT molecular complexity index is 619. The Morgan fingerprint density at radius 1 is 1.18 bits per heavy atom. The molecule has 3 rings (SSSR count). The molecule has 0 spiro atoms. The normalized spacial score (nSPS) is 16.5. The lowest BCUT2D eigenvalue weighted by Crippen LogP contribution is -1.94. The number of rotatable bonds is 1. The molecule has 17 heavy (non-hydrogen) atoms. The number of hydrogen-bond donors (Lipinski definition) is 0. The van der Waals surface area contributed by atoms with Crippen LogP contribution < -0.4 is 0 Å². The van der Waals surface area contributed by atoms with Crippen molar-refractivity contribution in [3.8, 4) is 0 Å². The van der Waals surface area contributed by atoms with Crippen molar-refractivity contribution in [2.75, 3.05) is 0 Å². The summed E-state index contributed by atoms with van der Waals surface area (Å²) >= 11 is 1.73. The van der Waals surface area contributed by atoms with Crippen LogP contribution in [0.4, 0.5) is 0 Å². The van der Waals surface area contributed by atoms with Gasteiger partial charge in [-0.15, -0.1) is 11.3 Å². The molecule has 0 amide bonds. The number of Topliss-reactive ketones (excluding diaryl/α,β-unsaturated/α-hetero) is 1. The number of hydrogen-bond acceptors (Lipinski definition) is 2. The van der Waals surface area contributed by atoms with E-state index in [1.807, 2.05) is 30.3 Å². The van der Waals surface area contributed by atoms with Gasteiger partial charge in [0.2, 0.25) is 0 Å². The van der Waals surface area contributed by atoms with Crippen LogP contribution in [0.2, 0.25) is 0 Å². The van der Waals surface area contributed by atoms with Crippen LogP contribution in [0, 0.1) is 6.92 Å². The first-order valence-corrected chi connectivity index (χ1v) is 6.45. The van der Waals surface area contributed by atoms with Crippen molar-refractivity contribution in [2.24, 2.45) is 0 Å². The summed E-state index contributed by atoms with van der Waals surface area (Å²) in [6, 6.07) is 12.0. The monoisotopic (exact) mass is 240 g/mol. The molecule has 0 atom stereocenters. The Morgan fingerprint density at radius 2 is 2.00 bits per heavy atom. The van der Waals surface area contributed by atoms with E-state index in [0.717, 1.165) is 23.1 Å². The quantitative estimate of drug-likeness (QED) is 0.691. The van der Waals surface area contributed by atoms with Gasteiger partial charge in [0.1, 0.15) is 0 Å². The fourth-order valence-corrected chi connectivity index (χ4v) is 3.02. The number of aryl methyl sites for hydroxylation is 1. The highest BCUT2D eigenvalue weighted by Crippen LogP contribution is 2.28. The SMILES string of the molecule is Cc1ccc(/C=C2\Cc3ccccc3C2=O)s1. The molecule has 2 aromatic rings. The van der Waals surface area contributed by atoms with Crippen molar-refractivity contribution < 1.29 is 4.79 Å². The molecule has 1 aliphatic carbocycles. The van der Waals surface area contributed by atoms with Crippen molar-refractivity contribution in [1.29, 1.82) is 0 Å². The first kappa shape index (κ1) is 10.5. The first-order valence-electron chi connectivity index (χ1n) is 5.63. The topological polar surface area (TPSA) is 17.1 Å². The van der Waals surface area contributed by atoms with E-state index in [4.69, 9.17) is 0 Å². The van der Waals surface area contributed by atoms with Gasteiger partial charge in [-0.2, -0.15) is 0 Å². The standard InChI is InChI=1S/C15H12OS/c1-10-6-7-13(17-10)9-12-8-11-4-2-3-5-14(11)15(12)16/h2-7,9H,8H2,1H3/b12-9+. The lowest BCUT2D eigenvalue weighted by molar-refractivity contribution is 0.104. The molecule has 0 N–H and O–H groups in total. The van der Waals surface area contributed by atoms with Crippen molar-refractivity contribution in [1.82, 2.24) is 0 Å². The third-order valence-electron chi connectivity index (χ3n) is 3.01. The van der Waals surface area contributed by atoms with Gasteiger partial charge in [0.25, 0.3) is 0 Å². The zero-order chi connectivity index (χ0) is 11.8. The third kappa shape index (κ3) is 1.85. The minimum Gasteiger partial charge on any atom is -0.289 e. The van der Waals surface area contributed by atoms with Crippen LogP contribution in [0.15, 0.2) is 42.0 Å². The second kappa shape index (κ2) is 3.97. The molecule has 84 valence electrons. The number of fused-ring (bicyclic) bond motifs is 1. The largest absolute Gasteiger partial charge is 0.289 e. The van der Waals surface area contributed by atoms with Crippen LogP contribution in [-0.2, 0) is 6.42 Å². The molecule has 1 aliphatic rings. The Labute approximate surface area is 104 Å². The summed E-state index contributed by atoms with van der Waals surface area (Å²) in [7, 11) is 0. The molecule has 0 radical (unpaired) electrons. The molecule has 2 heteroatoms. The summed E-state index contributed by atoms with van der Waals surface area (Å²) < 4.78 is 0. The minimum absolute atomic E-state index is 0.187. The summed E-state index contributed by atoms with van der Waals surface area (Å²) in [5, 5.41) is 0.